The Kier molecular flexibility index (Phi) is 9.79. The molecule has 1 fully saturated rings. The van der Waals surface area contributed by atoms with E-state index in [0.29, 0.717) is 36.6 Å². The number of ether oxygens (including phenoxy) is 1. The quantitative estimate of drug-likeness (QED) is 0.165. The van der Waals surface area contributed by atoms with Gasteiger partial charge in [0, 0.05) is 0 Å². The van der Waals surface area contributed by atoms with Gasteiger partial charge >= 0.3 is 279 Å². The molecule has 4 aromatic carbocycles. The van der Waals surface area contributed by atoms with Gasteiger partial charge in [0.15, 0.2) is 0 Å². The van der Waals surface area contributed by atoms with Crippen LogP contribution >= 0.6 is 0 Å². The van der Waals surface area contributed by atoms with Crippen molar-refractivity contribution in [2.75, 3.05) is 0 Å². The van der Waals surface area contributed by atoms with E-state index in [1.807, 2.05) is 72.8 Å². The van der Waals surface area contributed by atoms with Crippen LogP contribution < -0.4 is 4.74 Å². The van der Waals surface area contributed by atoms with Gasteiger partial charge in [-0.3, -0.25) is 0 Å². The minimum absolute atomic E-state index is 0.00291. The monoisotopic (exact) mass is 773 g/mol. The normalized spacial score (nSPS) is 18.8. The average Bonchev–Trinajstić information content (AvgIpc) is 3.71. The molecule has 4 aromatic rings. The molecule has 2 atom stereocenters. The number of carboxylic acids is 1. The number of nitrogens with zero attached hydrogens (tertiary/aromatic N) is 1. The van der Waals surface area contributed by atoms with Crippen LogP contribution in [0.25, 0.3) is 11.1 Å². The summed E-state index contributed by atoms with van der Waals surface area (Å²) in [5.41, 5.74) is 4.87. The summed E-state index contributed by atoms with van der Waals surface area (Å²) < 4.78 is 46.2. The second-order valence-corrected chi connectivity index (χ2v) is 20.9. The van der Waals surface area contributed by atoms with Gasteiger partial charge < -0.3 is 0 Å². The summed E-state index contributed by atoms with van der Waals surface area (Å²) in [6, 6.07) is 28.6. The van der Waals surface area contributed by atoms with E-state index in [1.54, 1.807) is 6.07 Å². The van der Waals surface area contributed by atoms with Crippen molar-refractivity contribution in [3.8, 4) is 16.9 Å². The van der Waals surface area contributed by atoms with Crippen LogP contribution in [0.1, 0.15) is 59.9 Å². The number of hydrogen-bond donors (Lipinski definition) is 1. The van der Waals surface area contributed by atoms with Crippen molar-refractivity contribution in [1.29, 1.82) is 0 Å². The van der Waals surface area contributed by atoms with Gasteiger partial charge in [-0.05, 0) is 0 Å². The first-order valence-electron chi connectivity index (χ1n) is 17.0. The fourth-order valence-corrected chi connectivity index (χ4v) is 17.4. The van der Waals surface area contributed by atoms with Crippen LogP contribution in [0, 0.1) is 5.92 Å². The van der Waals surface area contributed by atoms with Crippen molar-refractivity contribution in [3.05, 3.63) is 125 Å². The van der Waals surface area contributed by atoms with Gasteiger partial charge in [0.2, 0.25) is 0 Å². The fraction of sp³-hybridized carbons (Fsp3) is 0.325. The Morgan fingerprint density at radius 1 is 0.878 bits per heavy atom. The Morgan fingerprint density at radius 2 is 1.61 bits per heavy atom. The molecule has 2 aliphatic heterocycles. The summed E-state index contributed by atoms with van der Waals surface area (Å²) in [6.45, 7) is 0.508. The van der Waals surface area contributed by atoms with Crippen LogP contribution in [-0.4, -0.2) is 48.7 Å². The van der Waals surface area contributed by atoms with Gasteiger partial charge in [0.05, 0.1) is 0 Å². The van der Waals surface area contributed by atoms with Crippen molar-refractivity contribution < 1.29 is 32.6 Å². The number of fused-ring (bicyclic) bond motifs is 2. The first kappa shape index (κ1) is 33.7. The SMILES string of the molecule is O=C(O)[C@H](Cc1ccc(-c2ccccc2)cc1)[Sn]1=[C](CC2CCCC2)N2Cc3cc(OCc4cccc(C(F)(F)F)c4)ccc3C[C@H]2[C]1=O. The molecule has 0 aromatic heterocycles. The van der Waals surface area contributed by atoms with Crippen molar-refractivity contribution in [1.82, 2.24) is 4.90 Å². The van der Waals surface area contributed by atoms with Gasteiger partial charge in [0.25, 0.3) is 0 Å². The van der Waals surface area contributed by atoms with E-state index in [4.69, 9.17) is 4.74 Å². The number of hydrogen-bond acceptors (Lipinski definition) is 4. The molecular weight excluding hydrogens is 734 g/mol. The summed E-state index contributed by atoms with van der Waals surface area (Å²) in [6.07, 6.45) is 1.80. The molecular formula is C40H38F3NO4Sn. The summed E-state index contributed by atoms with van der Waals surface area (Å²) in [5, 5.41) is 10.7. The number of benzene rings is 4. The van der Waals surface area contributed by atoms with Crippen molar-refractivity contribution in [2.45, 2.75) is 74.2 Å². The number of alkyl halides is 3. The number of carbonyl (C=O) groups excluding carboxylic acids is 1. The Bertz CT molecular complexity index is 1880. The van der Waals surface area contributed by atoms with Gasteiger partial charge in [-0.2, -0.15) is 13.2 Å². The summed E-state index contributed by atoms with van der Waals surface area (Å²) >= 11 is -3.40. The summed E-state index contributed by atoms with van der Waals surface area (Å²) in [4.78, 5) is 29.7. The zero-order valence-electron chi connectivity index (χ0n) is 27.1. The van der Waals surface area contributed by atoms with Crippen molar-refractivity contribution in [2.24, 2.45) is 5.92 Å². The van der Waals surface area contributed by atoms with E-state index in [9.17, 15) is 27.9 Å². The molecule has 0 radical (unpaired) electrons. The number of aliphatic carboxylic acids is 1. The molecule has 0 unspecified atom stereocenters. The minimum atomic E-state index is -4.42. The first-order chi connectivity index (χ1) is 23.6. The van der Waals surface area contributed by atoms with Gasteiger partial charge in [-0.25, -0.2) is 0 Å². The maximum absolute atomic E-state index is 14.4. The molecule has 7 rings (SSSR count). The molecule has 1 saturated carbocycles. The van der Waals surface area contributed by atoms with Crippen LogP contribution in [0.4, 0.5) is 13.2 Å². The van der Waals surface area contributed by atoms with Crippen LogP contribution in [0.15, 0.2) is 97.1 Å². The van der Waals surface area contributed by atoms with E-state index in [2.05, 4.69) is 4.90 Å². The Morgan fingerprint density at radius 3 is 2.33 bits per heavy atom. The predicted molar refractivity (Wildman–Crippen MR) is 185 cm³/mol. The van der Waals surface area contributed by atoms with Crippen molar-refractivity contribution >= 4 is 32.7 Å². The Hall–Kier alpha value is -3.76. The number of rotatable bonds is 10. The maximum atomic E-state index is 14.4. The van der Waals surface area contributed by atoms with Crippen molar-refractivity contribution in [3.63, 3.8) is 0 Å². The number of carbonyl (C=O) groups is 2. The van der Waals surface area contributed by atoms with Crippen LogP contribution in [0.3, 0.4) is 0 Å². The molecule has 0 spiro atoms. The standard InChI is InChI=1S/C25H25F3NO2.C15H13O2.Sn/c26-25(27,28)22-7-3-6-19(12-22)17-31-24-9-8-20-13-23(16-30)29(15-21(20)14-24)11-10-18-4-1-2-5-18;16-15(17)11-8-12-6-9-14(10-7-12)13-4-2-1-3-5-13;/h3,6-9,12,14,18,23H,1-2,4-5,10,13,15,17H2;1-7,9-11H,8H2,(H,16,17);/t23-;;/m0../s1. The number of halogens is 3. The molecule has 5 nitrogen and oxygen atoms in total. The molecule has 3 aliphatic rings. The topological polar surface area (TPSA) is 66.8 Å². The molecule has 2 heterocycles. The second kappa shape index (κ2) is 14.2. The number of carboxylic acid groups (broad SMARTS) is 1. The van der Waals surface area contributed by atoms with E-state index >= 15 is 0 Å². The van der Waals surface area contributed by atoms with Gasteiger partial charge in [0.1, 0.15) is 0 Å². The summed E-state index contributed by atoms with van der Waals surface area (Å²) in [7, 11) is 0. The molecule has 49 heavy (non-hydrogen) atoms. The van der Waals surface area contributed by atoms with Gasteiger partial charge in [-0.1, -0.05) is 0 Å². The Balaban J connectivity index is 1.15. The molecule has 9 heteroatoms. The molecule has 0 bridgehead atoms. The van der Waals surface area contributed by atoms with Crippen LogP contribution in [-0.2, 0) is 41.8 Å². The van der Waals surface area contributed by atoms with Crippen LogP contribution in [0.5, 0.6) is 5.75 Å². The third kappa shape index (κ3) is 7.41. The fourth-order valence-electron chi connectivity index (χ4n) is 7.75. The molecule has 0 amide bonds. The third-order valence-electron chi connectivity index (χ3n) is 10.3. The van der Waals surface area contributed by atoms with E-state index in [0.717, 1.165) is 62.9 Å². The first-order valence-corrected chi connectivity index (χ1v) is 21.5. The van der Waals surface area contributed by atoms with Gasteiger partial charge in [-0.15, -0.1) is 0 Å². The van der Waals surface area contributed by atoms with E-state index in [-0.39, 0.29) is 16.4 Å². The molecule has 0 saturated heterocycles. The molecule has 1 N–H and O–H groups in total. The van der Waals surface area contributed by atoms with E-state index < -0.39 is 40.9 Å². The second-order valence-electron chi connectivity index (χ2n) is 13.5. The summed E-state index contributed by atoms with van der Waals surface area (Å²) in [5.74, 6) is 0.153. The Labute approximate surface area is 291 Å². The molecule has 1 aliphatic carbocycles. The third-order valence-corrected chi connectivity index (χ3v) is 19.2. The van der Waals surface area contributed by atoms with E-state index in [1.165, 1.54) is 18.9 Å². The zero-order valence-corrected chi connectivity index (χ0v) is 29.9. The predicted octanol–water partition coefficient (Wildman–Crippen LogP) is 8.28. The zero-order chi connectivity index (χ0) is 34.1. The van der Waals surface area contributed by atoms with Crippen LogP contribution in [0.2, 0.25) is 3.93 Å². The average molecular weight is 772 g/mol. The molecule has 252 valence electrons.